The van der Waals surface area contributed by atoms with Gasteiger partial charge in [0, 0.05) is 37.7 Å². The number of aromatic nitrogens is 3. The van der Waals surface area contributed by atoms with Crippen LogP contribution >= 0.6 is 11.3 Å². The van der Waals surface area contributed by atoms with E-state index in [1.807, 2.05) is 54.6 Å². The molecule has 0 spiro atoms. The number of para-hydroxylation sites is 3. The van der Waals surface area contributed by atoms with Crippen molar-refractivity contribution in [2.24, 2.45) is 15.0 Å². The highest BCUT2D eigenvalue weighted by Crippen LogP contribution is 2.40. The van der Waals surface area contributed by atoms with Crippen LogP contribution in [0.1, 0.15) is 16.8 Å². The van der Waals surface area contributed by atoms with Crippen LogP contribution in [0.25, 0.3) is 70.3 Å². The molecule has 6 nitrogen and oxygen atoms in total. The summed E-state index contributed by atoms with van der Waals surface area (Å²) in [6.07, 6.45) is 0. The number of amidine groups is 2. The number of fused-ring (bicyclic) bond motifs is 6. The van der Waals surface area contributed by atoms with Crippen molar-refractivity contribution in [1.82, 2.24) is 14.5 Å². The molecule has 57 heavy (non-hydrogen) atoms. The molecule has 0 aliphatic carbocycles. The third-order valence-electron chi connectivity index (χ3n) is 10.2. The molecule has 0 unspecified atom stereocenters. The van der Waals surface area contributed by atoms with Crippen LogP contribution in [0, 0.1) is 0 Å². The fourth-order valence-electron chi connectivity index (χ4n) is 7.58. The molecule has 270 valence electrons. The van der Waals surface area contributed by atoms with E-state index in [0.717, 1.165) is 75.6 Å². The number of hydrogen-bond acceptors (Lipinski definition) is 4. The minimum absolute atomic E-state index is 0.401. The molecular weight excluding hydrogens is 717 g/mol. The van der Waals surface area contributed by atoms with Crippen molar-refractivity contribution in [3.63, 3.8) is 0 Å². The van der Waals surface area contributed by atoms with Gasteiger partial charge in [-0.1, -0.05) is 146 Å². The van der Waals surface area contributed by atoms with Gasteiger partial charge in [-0.05, 0) is 59.8 Å². The van der Waals surface area contributed by atoms with Crippen LogP contribution in [0.3, 0.4) is 0 Å². The van der Waals surface area contributed by atoms with E-state index < -0.39 is 0 Å². The summed E-state index contributed by atoms with van der Waals surface area (Å²) in [7, 11) is 0. The SMILES string of the molecule is C=NC(=NC(=NCc1ccccc1)c1nc(-c2cccc3c4ccccc4n(-c4ccccc4)c23)nc2c1sc1ccccc12)c1cccc(-c2ccccc2)c1. The average Bonchev–Trinajstić information content (AvgIpc) is 3.83. The molecule has 0 aliphatic rings. The van der Waals surface area contributed by atoms with Gasteiger partial charge < -0.3 is 4.57 Å². The largest absolute Gasteiger partial charge is 0.309 e. The second-order valence-electron chi connectivity index (χ2n) is 13.7. The summed E-state index contributed by atoms with van der Waals surface area (Å²) in [5, 5.41) is 3.34. The van der Waals surface area contributed by atoms with E-state index in [2.05, 4.69) is 144 Å². The number of hydrogen-bond donors (Lipinski definition) is 0. The molecule has 0 N–H and O–H groups in total. The third kappa shape index (κ3) is 6.30. The molecule has 0 atom stereocenters. The summed E-state index contributed by atoms with van der Waals surface area (Å²) in [6, 6.07) is 62.6. The van der Waals surface area contributed by atoms with Gasteiger partial charge >= 0.3 is 0 Å². The summed E-state index contributed by atoms with van der Waals surface area (Å²) in [4.78, 5) is 25.8. The smallest absolute Gasteiger partial charge is 0.177 e. The van der Waals surface area contributed by atoms with Crippen molar-refractivity contribution in [1.29, 1.82) is 0 Å². The van der Waals surface area contributed by atoms with Crippen LogP contribution in [0.2, 0.25) is 0 Å². The van der Waals surface area contributed by atoms with Gasteiger partial charge in [-0.2, -0.15) is 0 Å². The number of thiophene rings is 1. The number of nitrogens with zero attached hydrogens (tertiary/aromatic N) is 6. The van der Waals surface area contributed by atoms with E-state index >= 15 is 0 Å². The lowest BCUT2D eigenvalue weighted by Gasteiger charge is -2.12. The molecule has 0 saturated heterocycles. The Hall–Kier alpha value is -7.35. The molecule has 10 rings (SSSR count). The van der Waals surface area contributed by atoms with Gasteiger partial charge in [0.25, 0.3) is 0 Å². The van der Waals surface area contributed by atoms with Gasteiger partial charge in [-0.15, -0.1) is 11.3 Å². The van der Waals surface area contributed by atoms with Gasteiger partial charge in [0.05, 0.1) is 27.8 Å². The first kappa shape index (κ1) is 34.2. The fraction of sp³-hybridized carbons (Fsp3) is 0.0200. The second-order valence-corrected chi connectivity index (χ2v) is 14.8. The maximum atomic E-state index is 5.47. The first-order chi connectivity index (χ1) is 28.2. The Labute approximate surface area is 333 Å². The lowest BCUT2D eigenvalue weighted by molar-refractivity contribution is 1.06. The summed E-state index contributed by atoms with van der Waals surface area (Å²) in [6.45, 7) is 4.39. The van der Waals surface area contributed by atoms with Gasteiger partial charge in [-0.3, -0.25) is 4.99 Å². The van der Waals surface area contributed by atoms with Crippen LogP contribution in [0.5, 0.6) is 0 Å². The van der Waals surface area contributed by atoms with Crippen molar-refractivity contribution < 1.29 is 0 Å². The van der Waals surface area contributed by atoms with E-state index in [-0.39, 0.29) is 0 Å². The van der Waals surface area contributed by atoms with Crippen LogP contribution in [-0.4, -0.2) is 32.9 Å². The highest BCUT2D eigenvalue weighted by molar-refractivity contribution is 7.26. The fourth-order valence-corrected chi connectivity index (χ4v) is 8.71. The Balaban J connectivity index is 1.25. The van der Waals surface area contributed by atoms with Crippen molar-refractivity contribution in [3.05, 3.63) is 199 Å². The minimum Gasteiger partial charge on any atom is -0.309 e. The van der Waals surface area contributed by atoms with E-state index in [4.69, 9.17) is 20.0 Å². The molecule has 0 aliphatic heterocycles. The molecular formula is C50H34N6S. The van der Waals surface area contributed by atoms with Crippen molar-refractivity contribution in [2.75, 3.05) is 0 Å². The Morgan fingerprint density at radius 1 is 0.596 bits per heavy atom. The summed E-state index contributed by atoms with van der Waals surface area (Å²) >= 11 is 1.65. The summed E-state index contributed by atoms with van der Waals surface area (Å²) in [5.74, 6) is 1.51. The van der Waals surface area contributed by atoms with Crippen LogP contribution in [-0.2, 0) is 6.54 Å². The molecule has 7 heteroatoms. The number of rotatable bonds is 7. The van der Waals surface area contributed by atoms with Crippen molar-refractivity contribution in [3.8, 4) is 28.2 Å². The Bertz CT molecular complexity index is 3160. The number of aliphatic imine (C=N–C) groups is 3. The second kappa shape index (κ2) is 14.7. The van der Waals surface area contributed by atoms with Gasteiger partial charge in [0.1, 0.15) is 5.69 Å². The van der Waals surface area contributed by atoms with Crippen molar-refractivity contribution >= 4 is 71.8 Å². The van der Waals surface area contributed by atoms with Crippen LogP contribution < -0.4 is 0 Å². The first-order valence-corrected chi connectivity index (χ1v) is 19.6. The van der Waals surface area contributed by atoms with Gasteiger partial charge in [0.2, 0.25) is 0 Å². The van der Waals surface area contributed by atoms with E-state index in [1.54, 1.807) is 11.3 Å². The quantitative estimate of drug-likeness (QED) is 0.120. The monoisotopic (exact) mass is 750 g/mol. The first-order valence-electron chi connectivity index (χ1n) is 18.8. The minimum atomic E-state index is 0.401. The van der Waals surface area contributed by atoms with E-state index in [0.29, 0.717) is 29.7 Å². The Kier molecular flexibility index (Phi) is 8.82. The van der Waals surface area contributed by atoms with E-state index in [9.17, 15) is 0 Å². The molecule has 0 bridgehead atoms. The third-order valence-corrected chi connectivity index (χ3v) is 11.4. The predicted molar refractivity (Wildman–Crippen MR) is 239 cm³/mol. The highest BCUT2D eigenvalue weighted by Gasteiger charge is 2.23. The Morgan fingerprint density at radius 3 is 2.07 bits per heavy atom. The zero-order valence-corrected chi connectivity index (χ0v) is 31.6. The maximum absolute atomic E-state index is 5.47. The van der Waals surface area contributed by atoms with Gasteiger partial charge in [-0.25, -0.2) is 20.0 Å². The standard InChI is InChI=1S/C50H34N6S/c1-51-48(36-22-15-21-35(31-36)34-19-7-3-8-20-34)55-50(52-32-33-17-5-2-6-18-33)45-47-44(40-26-12-14-30-43(40)57-47)53-49(54-45)41-28-16-27-39-38-25-11-13-29-42(38)56(46(39)41)37-23-9-4-10-24-37/h2-31H,1,32H2. The summed E-state index contributed by atoms with van der Waals surface area (Å²) < 4.78 is 4.34. The topological polar surface area (TPSA) is 67.8 Å². The molecule has 7 aromatic carbocycles. The molecule has 10 aromatic rings. The lowest BCUT2D eigenvalue weighted by atomic mass is 10.0. The predicted octanol–water partition coefficient (Wildman–Crippen LogP) is 12.4. The molecule has 0 radical (unpaired) electrons. The van der Waals surface area contributed by atoms with Crippen LogP contribution in [0.15, 0.2) is 197 Å². The van der Waals surface area contributed by atoms with Gasteiger partial charge in [0.15, 0.2) is 17.5 Å². The molecule has 0 fully saturated rings. The van der Waals surface area contributed by atoms with E-state index in [1.165, 1.54) is 0 Å². The molecule has 0 saturated carbocycles. The average molecular weight is 751 g/mol. The normalized spacial score (nSPS) is 12.2. The maximum Gasteiger partial charge on any atom is 0.177 e. The number of benzene rings is 7. The summed E-state index contributed by atoms with van der Waals surface area (Å²) in [5.41, 5.74) is 9.68. The highest BCUT2D eigenvalue weighted by atomic mass is 32.1. The van der Waals surface area contributed by atoms with Crippen molar-refractivity contribution in [2.45, 2.75) is 6.54 Å². The van der Waals surface area contributed by atoms with Crippen LogP contribution in [0.4, 0.5) is 0 Å². The molecule has 0 amide bonds. The zero-order valence-electron chi connectivity index (χ0n) is 30.8. The molecule has 3 heterocycles. The zero-order chi connectivity index (χ0) is 38.1. The molecule has 3 aromatic heterocycles. The Morgan fingerprint density at radius 2 is 1.26 bits per heavy atom. The lowest BCUT2D eigenvalue weighted by Crippen LogP contribution is -2.09.